The Hall–Kier alpha value is -3.71. The quantitative estimate of drug-likeness (QED) is 0.395. The van der Waals surface area contributed by atoms with Gasteiger partial charge in [0.05, 0.1) is 35.4 Å². The highest BCUT2D eigenvalue weighted by atomic mass is 35.5. The second kappa shape index (κ2) is 8.75. The van der Waals surface area contributed by atoms with Gasteiger partial charge in [0, 0.05) is 22.0 Å². The van der Waals surface area contributed by atoms with Gasteiger partial charge in [0.1, 0.15) is 5.82 Å². The SMILES string of the molecule is C[C@@H]1C(=O)N(c2ccc3c(cnn3-c3ccc(F)cc3)c2)[C@H](c2ccccc2Cl)[C@H]1NC(=O)C1CC1. The van der Waals surface area contributed by atoms with Crippen LogP contribution < -0.4 is 10.2 Å². The molecule has 2 heterocycles. The number of hydrogen-bond acceptors (Lipinski definition) is 3. The first-order valence-electron chi connectivity index (χ1n) is 12.0. The average Bonchev–Trinajstić information content (AvgIpc) is 3.61. The van der Waals surface area contributed by atoms with E-state index in [0.29, 0.717) is 10.7 Å². The van der Waals surface area contributed by atoms with Crippen LogP contribution in [0.4, 0.5) is 10.1 Å². The lowest BCUT2D eigenvalue weighted by Gasteiger charge is -2.30. The molecule has 4 aromatic rings. The molecule has 2 fully saturated rings. The number of aromatic nitrogens is 2. The van der Waals surface area contributed by atoms with Gasteiger partial charge >= 0.3 is 0 Å². The zero-order valence-corrected chi connectivity index (χ0v) is 20.3. The number of carbonyl (C=O) groups is 2. The van der Waals surface area contributed by atoms with Crippen molar-refractivity contribution in [1.29, 1.82) is 0 Å². The van der Waals surface area contributed by atoms with Crippen molar-refractivity contribution in [3.63, 3.8) is 0 Å². The molecular formula is C28H24ClFN4O2. The molecule has 2 aliphatic rings. The van der Waals surface area contributed by atoms with E-state index in [1.165, 1.54) is 12.1 Å². The summed E-state index contributed by atoms with van der Waals surface area (Å²) in [4.78, 5) is 28.1. The molecule has 0 unspecified atom stereocenters. The molecule has 3 aromatic carbocycles. The molecule has 0 spiro atoms. The smallest absolute Gasteiger partial charge is 0.232 e. The molecule has 1 aliphatic heterocycles. The number of fused-ring (bicyclic) bond motifs is 1. The van der Waals surface area contributed by atoms with Crippen LogP contribution in [0, 0.1) is 17.7 Å². The fourth-order valence-electron chi connectivity index (χ4n) is 5.07. The lowest BCUT2D eigenvalue weighted by molar-refractivity contribution is -0.123. The number of carbonyl (C=O) groups excluding carboxylic acids is 2. The Balaban J connectivity index is 1.42. The Morgan fingerprint density at radius 1 is 1.06 bits per heavy atom. The van der Waals surface area contributed by atoms with Crippen LogP contribution in [0.2, 0.25) is 5.02 Å². The average molecular weight is 503 g/mol. The van der Waals surface area contributed by atoms with Crippen LogP contribution in [0.5, 0.6) is 0 Å². The molecule has 1 N–H and O–H groups in total. The maximum absolute atomic E-state index is 13.6. The molecule has 36 heavy (non-hydrogen) atoms. The monoisotopic (exact) mass is 502 g/mol. The molecular weight excluding hydrogens is 479 g/mol. The number of nitrogens with one attached hydrogen (secondary N) is 1. The lowest BCUT2D eigenvalue weighted by Crippen LogP contribution is -2.42. The van der Waals surface area contributed by atoms with Gasteiger partial charge in [-0.2, -0.15) is 5.10 Å². The van der Waals surface area contributed by atoms with Gasteiger partial charge in [-0.15, -0.1) is 0 Å². The Kier molecular flexibility index (Phi) is 5.52. The summed E-state index contributed by atoms with van der Waals surface area (Å²) in [5.74, 6) is -0.789. The maximum atomic E-state index is 13.6. The van der Waals surface area contributed by atoms with Crippen molar-refractivity contribution in [2.24, 2.45) is 11.8 Å². The fraction of sp³-hybridized carbons (Fsp3) is 0.250. The van der Waals surface area contributed by atoms with Crippen LogP contribution in [0.3, 0.4) is 0 Å². The molecule has 3 atom stereocenters. The van der Waals surface area contributed by atoms with Gasteiger partial charge in [0.15, 0.2) is 0 Å². The van der Waals surface area contributed by atoms with Crippen LogP contribution in [0.1, 0.15) is 31.4 Å². The largest absolute Gasteiger partial charge is 0.350 e. The highest BCUT2D eigenvalue weighted by molar-refractivity contribution is 6.31. The van der Waals surface area contributed by atoms with E-state index in [-0.39, 0.29) is 23.5 Å². The van der Waals surface area contributed by atoms with Crippen LogP contribution in [0.25, 0.3) is 16.6 Å². The van der Waals surface area contributed by atoms with E-state index in [0.717, 1.165) is 35.0 Å². The summed E-state index contributed by atoms with van der Waals surface area (Å²) in [6.07, 6.45) is 3.50. The van der Waals surface area contributed by atoms with Gasteiger partial charge < -0.3 is 10.2 Å². The summed E-state index contributed by atoms with van der Waals surface area (Å²) >= 11 is 6.62. The molecule has 1 aliphatic carbocycles. The highest BCUT2D eigenvalue weighted by Gasteiger charge is 2.49. The topological polar surface area (TPSA) is 67.2 Å². The lowest BCUT2D eigenvalue weighted by atomic mass is 9.94. The number of hydrogen-bond donors (Lipinski definition) is 1. The number of rotatable bonds is 5. The highest BCUT2D eigenvalue weighted by Crippen LogP contribution is 2.43. The molecule has 1 saturated carbocycles. The van der Waals surface area contributed by atoms with Gasteiger partial charge in [-0.25, -0.2) is 9.07 Å². The van der Waals surface area contributed by atoms with E-state index in [1.807, 2.05) is 43.3 Å². The minimum atomic E-state index is -0.450. The number of amides is 2. The fourth-order valence-corrected chi connectivity index (χ4v) is 5.32. The van der Waals surface area contributed by atoms with Gasteiger partial charge in [0.25, 0.3) is 0 Å². The zero-order chi connectivity index (χ0) is 25.0. The number of halogens is 2. The van der Waals surface area contributed by atoms with Crippen LogP contribution in [0.15, 0.2) is 72.9 Å². The molecule has 1 aromatic heterocycles. The van der Waals surface area contributed by atoms with Crippen LogP contribution in [-0.2, 0) is 9.59 Å². The molecule has 1 saturated heterocycles. The van der Waals surface area contributed by atoms with Crippen molar-refractivity contribution < 1.29 is 14.0 Å². The van der Waals surface area contributed by atoms with Crippen molar-refractivity contribution in [2.45, 2.75) is 31.8 Å². The molecule has 6 rings (SSSR count). The second-order valence-electron chi connectivity index (χ2n) is 9.55. The number of anilines is 1. The summed E-state index contributed by atoms with van der Waals surface area (Å²) in [5, 5.41) is 9.02. The first-order chi connectivity index (χ1) is 17.4. The van der Waals surface area contributed by atoms with Crippen molar-refractivity contribution in [3.8, 4) is 5.69 Å². The Morgan fingerprint density at radius 2 is 1.78 bits per heavy atom. The van der Waals surface area contributed by atoms with E-state index >= 15 is 0 Å². The van der Waals surface area contributed by atoms with Crippen LogP contribution in [-0.4, -0.2) is 27.6 Å². The minimum absolute atomic E-state index is 0.00502. The third kappa shape index (κ3) is 3.84. The zero-order valence-electron chi connectivity index (χ0n) is 19.6. The Morgan fingerprint density at radius 3 is 2.50 bits per heavy atom. The minimum Gasteiger partial charge on any atom is -0.350 e. The number of nitrogens with zero attached hydrogens (tertiary/aromatic N) is 3. The number of benzene rings is 3. The van der Waals surface area contributed by atoms with Crippen molar-refractivity contribution in [3.05, 3.63) is 89.3 Å². The van der Waals surface area contributed by atoms with Crippen LogP contribution >= 0.6 is 11.6 Å². The maximum Gasteiger partial charge on any atom is 0.232 e. The predicted octanol–water partition coefficient (Wildman–Crippen LogP) is 5.44. The van der Waals surface area contributed by atoms with Crippen molar-refractivity contribution in [1.82, 2.24) is 15.1 Å². The van der Waals surface area contributed by atoms with Gasteiger partial charge in [-0.05, 0) is 66.9 Å². The molecule has 8 heteroatoms. The van der Waals surface area contributed by atoms with E-state index in [2.05, 4.69) is 10.4 Å². The van der Waals surface area contributed by atoms with Crippen molar-refractivity contribution >= 4 is 40.0 Å². The van der Waals surface area contributed by atoms with E-state index in [4.69, 9.17) is 11.6 Å². The third-order valence-corrected chi connectivity index (χ3v) is 7.51. The Bertz CT molecular complexity index is 1480. The predicted molar refractivity (Wildman–Crippen MR) is 137 cm³/mol. The molecule has 6 nitrogen and oxygen atoms in total. The summed E-state index contributed by atoms with van der Waals surface area (Å²) in [5.41, 5.74) is 3.06. The standard InChI is InChI=1S/C28H24ClFN4O2/c1-16-25(32-27(35)17-6-7-17)26(22-4-2-3-5-23(22)29)33(28(16)36)21-12-13-24-18(14-21)15-31-34(24)20-10-8-19(30)9-11-20/h2-5,8-17,25-26H,6-7H2,1H3,(H,32,35)/t16-,25-,26+/m0/s1. The summed E-state index contributed by atoms with van der Waals surface area (Å²) in [6.45, 7) is 1.86. The van der Waals surface area contributed by atoms with E-state index in [9.17, 15) is 14.0 Å². The normalized spacial score (nSPS) is 21.8. The molecule has 182 valence electrons. The summed E-state index contributed by atoms with van der Waals surface area (Å²) < 4.78 is 15.1. The molecule has 0 bridgehead atoms. The van der Waals surface area contributed by atoms with Gasteiger partial charge in [0.2, 0.25) is 11.8 Å². The van der Waals surface area contributed by atoms with Crippen molar-refractivity contribution in [2.75, 3.05) is 4.90 Å². The summed E-state index contributed by atoms with van der Waals surface area (Å²) in [7, 11) is 0. The van der Waals surface area contributed by atoms with E-state index in [1.54, 1.807) is 34.0 Å². The molecule has 0 radical (unpaired) electrons. The molecule has 2 amide bonds. The van der Waals surface area contributed by atoms with Gasteiger partial charge in [-0.1, -0.05) is 36.7 Å². The van der Waals surface area contributed by atoms with Gasteiger partial charge in [-0.3, -0.25) is 9.59 Å². The summed E-state index contributed by atoms with van der Waals surface area (Å²) in [6, 6.07) is 18.4. The first kappa shape index (κ1) is 22.7. The second-order valence-corrected chi connectivity index (χ2v) is 9.96. The first-order valence-corrected chi connectivity index (χ1v) is 12.4. The van der Waals surface area contributed by atoms with E-state index < -0.39 is 18.0 Å². The Labute approximate surface area is 212 Å². The third-order valence-electron chi connectivity index (χ3n) is 7.17.